The molecule has 0 atom stereocenters. The summed E-state index contributed by atoms with van der Waals surface area (Å²) in [5.74, 6) is 1.65. The van der Waals surface area contributed by atoms with E-state index in [1.165, 1.54) is 7.11 Å². The smallest absolute Gasteiger partial charge is 0.255 e. The highest BCUT2D eigenvalue weighted by Crippen LogP contribution is 2.34. The number of rotatable bonds is 4. The lowest BCUT2D eigenvalue weighted by atomic mass is 10.1. The largest absolute Gasteiger partial charge is 0.493 e. The highest BCUT2D eigenvalue weighted by molar-refractivity contribution is 6.05. The van der Waals surface area contributed by atoms with Gasteiger partial charge in [0.15, 0.2) is 11.5 Å². The van der Waals surface area contributed by atoms with Gasteiger partial charge >= 0.3 is 0 Å². The Morgan fingerprint density at radius 3 is 2.73 bits per heavy atom. The molecule has 1 aliphatic rings. The van der Waals surface area contributed by atoms with E-state index in [1.807, 2.05) is 18.2 Å². The molecule has 0 aromatic heterocycles. The van der Waals surface area contributed by atoms with Crippen molar-refractivity contribution in [2.75, 3.05) is 26.1 Å². The van der Waals surface area contributed by atoms with Crippen molar-refractivity contribution in [2.45, 2.75) is 6.42 Å². The Labute approximate surface area is 128 Å². The molecule has 0 saturated heterocycles. The van der Waals surface area contributed by atoms with Gasteiger partial charge in [-0.3, -0.25) is 4.79 Å². The van der Waals surface area contributed by atoms with Crippen molar-refractivity contribution in [2.24, 2.45) is 0 Å². The molecule has 22 heavy (non-hydrogen) atoms. The van der Waals surface area contributed by atoms with Crippen LogP contribution in [-0.4, -0.2) is 26.7 Å². The Hall–Kier alpha value is -2.69. The van der Waals surface area contributed by atoms with Crippen molar-refractivity contribution < 1.29 is 19.0 Å². The average Bonchev–Trinajstić information content (AvgIpc) is 3.03. The molecular weight excluding hydrogens is 282 g/mol. The van der Waals surface area contributed by atoms with Gasteiger partial charge in [-0.05, 0) is 29.8 Å². The molecule has 1 amide bonds. The molecule has 0 spiro atoms. The van der Waals surface area contributed by atoms with Gasteiger partial charge in [-0.1, -0.05) is 12.1 Å². The van der Waals surface area contributed by atoms with Gasteiger partial charge in [0.1, 0.15) is 5.75 Å². The number of amides is 1. The van der Waals surface area contributed by atoms with Gasteiger partial charge in [-0.2, -0.15) is 0 Å². The van der Waals surface area contributed by atoms with E-state index in [2.05, 4.69) is 5.32 Å². The lowest BCUT2D eigenvalue weighted by molar-refractivity contribution is 0.102. The topological polar surface area (TPSA) is 56.8 Å². The molecule has 114 valence electrons. The zero-order chi connectivity index (χ0) is 15.5. The molecule has 0 radical (unpaired) electrons. The fourth-order valence-corrected chi connectivity index (χ4v) is 2.49. The quantitative estimate of drug-likeness (QED) is 0.943. The Bertz CT molecular complexity index is 712. The van der Waals surface area contributed by atoms with Crippen LogP contribution >= 0.6 is 0 Å². The van der Waals surface area contributed by atoms with Crippen molar-refractivity contribution in [3.05, 3.63) is 47.5 Å². The molecule has 3 rings (SSSR count). The monoisotopic (exact) mass is 299 g/mol. The molecule has 1 heterocycles. The summed E-state index contributed by atoms with van der Waals surface area (Å²) < 4.78 is 16.0. The fraction of sp³-hybridized carbons (Fsp3) is 0.235. The fourth-order valence-electron chi connectivity index (χ4n) is 2.49. The number of para-hydroxylation sites is 1. The first-order valence-corrected chi connectivity index (χ1v) is 7.01. The highest BCUT2D eigenvalue weighted by Gasteiger charge is 2.18. The van der Waals surface area contributed by atoms with Crippen LogP contribution in [-0.2, 0) is 6.42 Å². The molecule has 5 nitrogen and oxygen atoms in total. The summed E-state index contributed by atoms with van der Waals surface area (Å²) in [5.41, 5.74) is 2.30. The molecule has 2 aromatic rings. The molecule has 0 bridgehead atoms. The first kappa shape index (κ1) is 14.3. The van der Waals surface area contributed by atoms with Crippen LogP contribution in [0.3, 0.4) is 0 Å². The van der Waals surface area contributed by atoms with E-state index in [-0.39, 0.29) is 5.91 Å². The number of ether oxygens (including phenoxy) is 3. The summed E-state index contributed by atoms with van der Waals surface area (Å²) in [7, 11) is 3.10. The second-order valence-corrected chi connectivity index (χ2v) is 4.92. The SMILES string of the molecule is COc1ccc(C(=O)Nc2cccc3c2OCC3)cc1OC. The van der Waals surface area contributed by atoms with Crippen LogP contribution in [0.25, 0.3) is 0 Å². The molecule has 0 saturated carbocycles. The Kier molecular flexibility index (Phi) is 3.87. The van der Waals surface area contributed by atoms with E-state index in [0.717, 1.165) is 17.7 Å². The van der Waals surface area contributed by atoms with Gasteiger partial charge in [0.05, 0.1) is 26.5 Å². The Morgan fingerprint density at radius 1 is 1.14 bits per heavy atom. The molecule has 5 heteroatoms. The molecule has 0 fully saturated rings. The lowest BCUT2D eigenvalue weighted by Crippen LogP contribution is -2.12. The van der Waals surface area contributed by atoms with Crippen molar-refractivity contribution in [1.29, 1.82) is 0 Å². The molecule has 1 N–H and O–H groups in total. The number of fused-ring (bicyclic) bond motifs is 1. The Morgan fingerprint density at radius 2 is 1.95 bits per heavy atom. The molecule has 1 aliphatic heterocycles. The number of hydrogen-bond donors (Lipinski definition) is 1. The Balaban J connectivity index is 1.85. The summed E-state index contributed by atoms with van der Waals surface area (Å²) >= 11 is 0. The summed E-state index contributed by atoms with van der Waals surface area (Å²) in [4.78, 5) is 12.4. The van der Waals surface area contributed by atoms with Crippen molar-refractivity contribution in [1.82, 2.24) is 0 Å². The standard InChI is InChI=1S/C17H17NO4/c1-20-14-7-6-12(10-15(14)21-2)17(19)18-13-5-3-4-11-8-9-22-16(11)13/h3-7,10H,8-9H2,1-2H3,(H,18,19). The minimum Gasteiger partial charge on any atom is -0.493 e. The van der Waals surface area contributed by atoms with Crippen LogP contribution in [0.5, 0.6) is 17.2 Å². The summed E-state index contributed by atoms with van der Waals surface area (Å²) in [6.45, 7) is 0.651. The average molecular weight is 299 g/mol. The predicted octanol–water partition coefficient (Wildman–Crippen LogP) is 2.89. The van der Waals surface area contributed by atoms with Crippen LogP contribution < -0.4 is 19.5 Å². The van der Waals surface area contributed by atoms with Gasteiger partial charge in [0, 0.05) is 12.0 Å². The lowest BCUT2D eigenvalue weighted by Gasteiger charge is -2.12. The third-order valence-electron chi connectivity index (χ3n) is 3.61. The first-order valence-electron chi connectivity index (χ1n) is 7.01. The van der Waals surface area contributed by atoms with E-state index >= 15 is 0 Å². The minimum atomic E-state index is -0.218. The molecular formula is C17H17NO4. The first-order chi connectivity index (χ1) is 10.7. The van der Waals surface area contributed by atoms with Crippen LogP contribution in [0, 0.1) is 0 Å². The number of benzene rings is 2. The predicted molar refractivity (Wildman–Crippen MR) is 83.1 cm³/mol. The number of nitrogens with one attached hydrogen (secondary N) is 1. The minimum absolute atomic E-state index is 0.218. The number of carbonyl (C=O) groups is 1. The van der Waals surface area contributed by atoms with Crippen molar-refractivity contribution >= 4 is 11.6 Å². The van der Waals surface area contributed by atoms with E-state index in [0.29, 0.717) is 29.4 Å². The van der Waals surface area contributed by atoms with Gasteiger partial charge < -0.3 is 19.5 Å². The van der Waals surface area contributed by atoms with Crippen molar-refractivity contribution in [3.63, 3.8) is 0 Å². The summed E-state index contributed by atoms with van der Waals surface area (Å²) in [6, 6.07) is 10.8. The zero-order valence-corrected chi connectivity index (χ0v) is 12.5. The number of methoxy groups -OCH3 is 2. The van der Waals surface area contributed by atoms with Crippen LogP contribution in [0.15, 0.2) is 36.4 Å². The van der Waals surface area contributed by atoms with Gasteiger partial charge in [0.2, 0.25) is 0 Å². The van der Waals surface area contributed by atoms with Crippen LogP contribution in [0.2, 0.25) is 0 Å². The number of hydrogen-bond acceptors (Lipinski definition) is 4. The van der Waals surface area contributed by atoms with E-state index in [1.54, 1.807) is 25.3 Å². The number of anilines is 1. The maximum absolute atomic E-state index is 12.4. The highest BCUT2D eigenvalue weighted by atomic mass is 16.5. The van der Waals surface area contributed by atoms with Crippen LogP contribution in [0.1, 0.15) is 15.9 Å². The van der Waals surface area contributed by atoms with E-state index < -0.39 is 0 Å². The zero-order valence-electron chi connectivity index (χ0n) is 12.5. The van der Waals surface area contributed by atoms with Crippen LogP contribution in [0.4, 0.5) is 5.69 Å². The molecule has 0 aliphatic carbocycles. The van der Waals surface area contributed by atoms with Gasteiger partial charge in [-0.15, -0.1) is 0 Å². The normalized spacial score (nSPS) is 12.3. The van der Waals surface area contributed by atoms with Gasteiger partial charge in [-0.25, -0.2) is 0 Å². The molecule has 0 unspecified atom stereocenters. The van der Waals surface area contributed by atoms with Gasteiger partial charge in [0.25, 0.3) is 5.91 Å². The summed E-state index contributed by atoms with van der Waals surface area (Å²) in [6.07, 6.45) is 0.870. The van der Waals surface area contributed by atoms with E-state index in [4.69, 9.17) is 14.2 Å². The third kappa shape index (κ3) is 2.57. The maximum atomic E-state index is 12.4. The third-order valence-corrected chi connectivity index (χ3v) is 3.61. The van der Waals surface area contributed by atoms with Crippen molar-refractivity contribution in [3.8, 4) is 17.2 Å². The molecule has 2 aromatic carbocycles. The maximum Gasteiger partial charge on any atom is 0.255 e. The van der Waals surface area contributed by atoms with E-state index in [9.17, 15) is 4.79 Å². The second-order valence-electron chi connectivity index (χ2n) is 4.92. The second kappa shape index (κ2) is 5.97. The number of carbonyl (C=O) groups excluding carboxylic acids is 1. The summed E-state index contributed by atoms with van der Waals surface area (Å²) in [5, 5.41) is 2.89.